The Bertz CT molecular complexity index is 626. The summed E-state index contributed by atoms with van der Waals surface area (Å²) in [4.78, 5) is 0. The maximum atomic E-state index is 5.36. The molecule has 2 rings (SSSR count). The number of hydrogen-bond acceptors (Lipinski definition) is 2. The molecule has 0 aliphatic rings. The van der Waals surface area contributed by atoms with Crippen LogP contribution in [-0.4, -0.2) is 12.5 Å². The van der Waals surface area contributed by atoms with Crippen molar-refractivity contribution in [1.82, 2.24) is 0 Å². The standard InChI is InChI=1S/C18H18OS/c1-4-15-11-17(9-10-18(15)19-3)13(2)16-7-5-14(12-20)6-8-16/h5-12H,2,4H2,1,3H3. The van der Waals surface area contributed by atoms with Gasteiger partial charge in [-0.3, -0.25) is 0 Å². The molecule has 0 N–H and O–H groups in total. The molecule has 0 saturated heterocycles. The van der Waals surface area contributed by atoms with E-state index in [0.717, 1.165) is 34.4 Å². The fourth-order valence-corrected chi connectivity index (χ4v) is 2.33. The number of hydrogen-bond donors (Lipinski definition) is 0. The molecule has 2 heteroatoms. The molecule has 20 heavy (non-hydrogen) atoms. The molecule has 0 bridgehead atoms. The summed E-state index contributed by atoms with van der Waals surface area (Å²) >= 11 is 4.92. The van der Waals surface area contributed by atoms with Crippen molar-refractivity contribution in [2.24, 2.45) is 0 Å². The van der Waals surface area contributed by atoms with Crippen molar-refractivity contribution in [3.05, 3.63) is 71.3 Å². The number of methoxy groups -OCH3 is 1. The van der Waals surface area contributed by atoms with Crippen LogP contribution in [0, 0.1) is 0 Å². The molecule has 0 spiro atoms. The lowest BCUT2D eigenvalue weighted by atomic mass is 9.96. The number of ether oxygens (including phenoxy) is 1. The van der Waals surface area contributed by atoms with Crippen LogP contribution in [0.3, 0.4) is 0 Å². The van der Waals surface area contributed by atoms with Crippen LogP contribution in [0.25, 0.3) is 5.57 Å². The highest BCUT2D eigenvalue weighted by Crippen LogP contribution is 2.27. The van der Waals surface area contributed by atoms with E-state index >= 15 is 0 Å². The summed E-state index contributed by atoms with van der Waals surface area (Å²) in [7, 11) is 1.70. The molecule has 2 aromatic rings. The largest absolute Gasteiger partial charge is 0.496 e. The van der Waals surface area contributed by atoms with Crippen molar-refractivity contribution < 1.29 is 4.74 Å². The maximum absolute atomic E-state index is 5.36. The average molecular weight is 282 g/mol. The van der Waals surface area contributed by atoms with Crippen LogP contribution in [0.1, 0.15) is 29.2 Å². The van der Waals surface area contributed by atoms with Crippen molar-refractivity contribution >= 4 is 23.2 Å². The number of thiocarbonyl (C=S) groups is 1. The Morgan fingerprint density at radius 1 is 1.15 bits per heavy atom. The summed E-state index contributed by atoms with van der Waals surface area (Å²) in [6.45, 7) is 6.33. The zero-order valence-corrected chi connectivity index (χ0v) is 12.7. The quantitative estimate of drug-likeness (QED) is 0.737. The molecule has 1 nitrogen and oxygen atoms in total. The average Bonchev–Trinajstić information content (AvgIpc) is 2.53. The van der Waals surface area contributed by atoms with E-state index < -0.39 is 0 Å². The minimum Gasteiger partial charge on any atom is -0.496 e. The predicted octanol–water partition coefficient (Wildman–Crippen LogP) is 4.67. The molecule has 0 unspecified atom stereocenters. The van der Waals surface area contributed by atoms with Gasteiger partial charge in [-0.2, -0.15) is 0 Å². The van der Waals surface area contributed by atoms with Gasteiger partial charge in [-0.05, 0) is 46.4 Å². The second-order valence-corrected chi connectivity index (χ2v) is 4.83. The first kappa shape index (κ1) is 14.5. The Morgan fingerprint density at radius 2 is 1.80 bits per heavy atom. The van der Waals surface area contributed by atoms with Crippen LogP contribution in [0.4, 0.5) is 0 Å². The molecular formula is C18H18OS. The second-order valence-electron chi connectivity index (χ2n) is 4.60. The van der Waals surface area contributed by atoms with Crippen LogP contribution < -0.4 is 4.74 Å². The van der Waals surface area contributed by atoms with E-state index in [1.54, 1.807) is 12.5 Å². The first-order valence-corrected chi connectivity index (χ1v) is 7.08. The fourth-order valence-electron chi connectivity index (χ4n) is 2.17. The molecular weight excluding hydrogens is 264 g/mol. The Hall–Kier alpha value is -1.93. The predicted molar refractivity (Wildman–Crippen MR) is 89.7 cm³/mol. The highest BCUT2D eigenvalue weighted by Gasteiger charge is 2.07. The van der Waals surface area contributed by atoms with Crippen LogP contribution in [0.15, 0.2) is 49.0 Å². The molecule has 0 radical (unpaired) electrons. The van der Waals surface area contributed by atoms with Crippen LogP contribution >= 0.6 is 12.2 Å². The van der Waals surface area contributed by atoms with E-state index in [9.17, 15) is 0 Å². The Labute approximate surface area is 125 Å². The lowest BCUT2D eigenvalue weighted by Crippen LogP contribution is -1.94. The van der Waals surface area contributed by atoms with Gasteiger partial charge >= 0.3 is 0 Å². The zero-order valence-electron chi connectivity index (χ0n) is 11.8. The third kappa shape index (κ3) is 2.97. The van der Waals surface area contributed by atoms with Crippen molar-refractivity contribution in [3.63, 3.8) is 0 Å². The van der Waals surface area contributed by atoms with E-state index in [0.29, 0.717) is 0 Å². The number of aryl methyl sites for hydroxylation is 1. The summed E-state index contributed by atoms with van der Waals surface area (Å²) in [6.07, 6.45) is 0.939. The molecule has 0 fully saturated rings. The lowest BCUT2D eigenvalue weighted by molar-refractivity contribution is 0.410. The summed E-state index contributed by atoms with van der Waals surface area (Å²) < 4.78 is 5.36. The minimum absolute atomic E-state index is 0.931. The molecule has 0 atom stereocenters. The summed E-state index contributed by atoms with van der Waals surface area (Å²) in [5.74, 6) is 0.931. The maximum Gasteiger partial charge on any atom is 0.122 e. The molecule has 0 aromatic heterocycles. The van der Waals surface area contributed by atoms with Gasteiger partial charge in [0.25, 0.3) is 0 Å². The van der Waals surface area contributed by atoms with Gasteiger partial charge in [0.05, 0.1) is 7.11 Å². The minimum atomic E-state index is 0.931. The van der Waals surface area contributed by atoms with Crippen molar-refractivity contribution in [3.8, 4) is 5.75 Å². The molecule has 2 aromatic carbocycles. The molecule has 102 valence electrons. The highest BCUT2D eigenvalue weighted by molar-refractivity contribution is 7.79. The van der Waals surface area contributed by atoms with Crippen molar-refractivity contribution in [2.45, 2.75) is 13.3 Å². The van der Waals surface area contributed by atoms with E-state index in [1.165, 1.54) is 5.56 Å². The number of benzene rings is 2. The lowest BCUT2D eigenvalue weighted by Gasteiger charge is -2.11. The van der Waals surface area contributed by atoms with Gasteiger partial charge in [0.15, 0.2) is 0 Å². The van der Waals surface area contributed by atoms with E-state index in [2.05, 4.69) is 31.7 Å². The van der Waals surface area contributed by atoms with E-state index in [4.69, 9.17) is 17.0 Å². The van der Waals surface area contributed by atoms with E-state index in [-0.39, 0.29) is 0 Å². The highest BCUT2D eigenvalue weighted by atomic mass is 32.1. The van der Waals surface area contributed by atoms with Crippen molar-refractivity contribution in [2.75, 3.05) is 7.11 Å². The first-order valence-electron chi connectivity index (χ1n) is 6.61. The van der Waals surface area contributed by atoms with Gasteiger partial charge in [-0.15, -0.1) is 0 Å². The summed E-state index contributed by atoms with van der Waals surface area (Å²) in [5, 5.41) is 1.68. The normalized spacial score (nSPS) is 10.1. The van der Waals surface area contributed by atoms with Crippen molar-refractivity contribution in [1.29, 1.82) is 0 Å². The fraction of sp³-hybridized carbons (Fsp3) is 0.167. The molecule has 0 amide bonds. The van der Waals surface area contributed by atoms with Gasteiger partial charge < -0.3 is 4.74 Å². The molecule has 0 saturated carbocycles. The van der Waals surface area contributed by atoms with Gasteiger partial charge in [0.1, 0.15) is 5.75 Å². The van der Waals surface area contributed by atoms with Gasteiger partial charge in [0.2, 0.25) is 0 Å². The summed E-state index contributed by atoms with van der Waals surface area (Å²) in [5.41, 5.74) is 5.48. The number of rotatable bonds is 5. The Kier molecular flexibility index (Phi) is 4.70. The SMILES string of the molecule is C=C(c1ccc(C=S)cc1)c1ccc(OC)c(CC)c1. The van der Waals surface area contributed by atoms with Gasteiger partial charge in [-0.25, -0.2) is 0 Å². The molecule has 0 aliphatic carbocycles. The first-order chi connectivity index (χ1) is 9.69. The molecule has 0 aliphatic heterocycles. The van der Waals surface area contributed by atoms with Crippen LogP contribution in [-0.2, 0) is 6.42 Å². The van der Waals surface area contributed by atoms with E-state index in [1.807, 2.05) is 24.3 Å². The summed E-state index contributed by atoms with van der Waals surface area (Å²) in [6, 6.07) is 14.3. The smallest absolute Gasteiger partial charge is 0.122 e. The van der Waals surface area contributed by atoms with Crippen LogP contribution in [0.5, 0.6) is 5.75 Å². The second kappa shape index (κ2) is 6.49. The van der Waals surface area contributed by atoms with Gasteiger partial charge in [0, 0.05) is 5.37 Å². The Morgan fingerprint density at radius 3 is 2.35 bits per heavy atom. The molecule has 0 heterocycles. The van der Waals surface area contributed by atoms with Crippen LogP contribution in [0.2, 0.25) is 0 Å². The third-order valence-electron chi connectivity index (χ3n) is 3.40. The van der Waals surface area contributed by atoms with Gasteiger partial charge in [-0.1, -0.05) is 56.1 Å². The third-order valence-corrected chi connectivity index (χ3v) is 3.68. The Balaban J connectivity index is 2.34. The monoisotopic (exact) mass is 282 g/mol. The topological polar surface area (TPSA) is 9.23 Å². The zero-order chi connectivity index (χ0) is 14.5.